The number of carbonyl (C=O) groups excluding carboxylic acids is 2. The minimum atomic E-state index is -0.646. The average Bonchev–Trinajstić information content (AvgIpc) is 2.71. The number of carbonyl (C=O) groups is 2. The fourth-order valence-corrected chi connectivity index (χ4v) is 2.91. The normalized spacial score (nSPS) is 21.2. The highest BCUT2D eigenvalue weighted by Gasteiger charge is 2.39. The van der Waals surface area contributed by atoms with Gasteiger partial charge in [-0.15, -0.1) is 0 Å². The number of ether oxygens (including phenoxy) is 2. The Bertz CT molecular complexity index is 929. The second-order valence-corrected chi connectivity index (χ2v) is 5.90. The van der Waals surface area contributed by atoms with Crippen molar-refractivity contribution in [3.05, 3.63) is 96.0 Å². The van der Waals surface area contributed by atoms with Crippen LogP contribution in [0.5, 0.6) is 0 Å². The quantitative estimate of drug-likeness (QED) is 0.799. The summed E-state index contributed by atoms with van der Waals surface area (Å²) in [4.78, 5) is 29.4. The summed E-state index contributed by atoms with van der Waals surface area (Å²) >= 11 is 0. The van der Waals surface area contributed by atoms with E-state index in [1.54, 1.807) is 30.5 Å². The maximum Gasteiger partial charge on any atom is 0.345 e. The topological polar surface area (TPSA) is 65.5 Å². The molecule has 0 saturated carbocycles. The third-order valence-corrected chi connectivity index (χ3v) is 4.20. The molecule has 26 heavy (non-hydrogen) atoms. The highest BCUT2D eigenvalue weighted by atomic mass is 16.6. The minimum absolute atomic E-state index is 0.0775. The van der Waals surface area contributed by atoms with Crippen LogP contribution in [-0.4, -0.2) is 22.8 Å². The molecule has 1 aliphatic heterocycles. The van der Waals surface area contributed by atoms with Crippen molar-refractivity contribution in [1.82, 2.24) is 4.98 Å². The maximum absolute atomic E-state index is 13.0. The molecule has 0 amide bonds. The molecule has 0 N–H and O–H groups in total. The van der Waals surface area contributed by atoms with Crippen LogP contribution in [0.3, 0.4) is 0 Å². The van der Waals surface area contributed by atoms with Gasteiger partial charge in [0.25, 0.3) is 0 Å². The molecule has 5 nitrogen and oxygen atoms in total. The summed E-state index contributed by atoms with van der Waals surface area (Å²) in [7, 11) is 0. The second-order valence-electron chi connectivity index (χ2n) is 5.90. The van der Waals surface area contributed by atoms with Crippen molar-refractivity contribution < 1.29 is 19.1 Å². The number of ketones is 1. The van der Waals surface area contributed by atoms with E-state index in [4.69, 9.17) is 9.47 Å². The van der Waals surface area contributed by atoms with E-state index in [0.717, 1.165) is 0 Å². The molecule has 0 spiro atoms. The Kier molecular flexibility index (Phi) is 4.19. The van der Waals surface area contributed by atoms with E-state index >= 15 is 0 Å². The fourth-order valence-electron chi connectivity index (χ4n) is 2.91. The number of fused-ring (bicyclic) bond motifs is 1. The number of hydrogen-bond acceptors (Lipinski definition) is 5. The van der Waals surface area contributed by atoms with Gasteiger partial charge in [-0.3, -0.25) is 9.78 Å². The number of nitrogens with zero attached hydrogens (tertiary/aromatic N) is 1. The van der Waals surface area contributed by atoms with Crippen molar-refractivity contribution >= 4 is 17.5 Å². The van der Waals surface area contributed by atoms with E-state index in [0.29, 0.717) is 5.56 Å². The average molecular weight is 345 g/mol. The van der Waals surface area contributed by atoms with Crippen LogP contribution in [0, 0.1) is 5.92 Å². The van der Waals surface area contributed by atoms with Gasteiger partial charge in [0, 0.05) is 18.0 Å². The Morgan fingerprint density at radius 2 is 1.85 bits per heavy atom. The molecule has 0 radical (unpaired) electrons. The van der Waals surface area contributed by atoms with Gasteiger partial charge < -0.3 is 9.47 Å². The molecule has 2 heterocycles. The molecule has 2 aliphatic rings. The van der Waals surface area contributed by atoms with Gasteiger partial charge in [0.05, 0.1) is 11.5 Å². The number of allylic oxidation sites excluding steroid dienone is 3. The van der Waals surface area contributed by atoms with Crippen molar-refractivity contribution in [2.75, 3.05) is 0 Å². The Balaban J connectivity index is 1.76. The van der Waals surface area contributed by atoms with Crippen molar-refractivity contribution in [1.29, 1.82) is 0 Å². The van der Waals surface area contributed by atoms with Crippen LogP contribution in [-0.2, 0) is 14.3 Å². The van der Waals surface area contributed by atoms with Gasteiger partial charge in [-0.1, -0.05) is 48.6 Å². The number of hydrogen-bond donors (Lipinski definition) is 0. The summed E-state index contributed by atoms with van der Waals surface area (Å²) in [6, 6.07) is 12.4. The van der Waals surface area contributed by atoms with Crippen LogP contribution in [0.25, 0.3) is 5.76 Å². The van der Waals surface area contributed by atoms with Crippen LogP contribution >= 0.6 is 0 Å². The van der Waals surface area contributed by atoms with Gasteiger partial charge in [-0.05, 0) is 18.2 Å². The molecule has 128 valence electrons. The minimum Gasteiger partial charge on any atom is -0.481 e. The Morgan fingerprint density at radius 1 is 1.04 bits per heavy atom. The molecule has 2 aromatic rings. The van der Waals surface area contributed by atoms with E-state index in [-0.39, 0.29) is 22.9 Å². The van der Waals surface area contributed by atoms with Gasteiger partial charge >= 0.3 is 5.97 Å². The van der Waals surface area contributed by atoms with Crippen LogP contribution < -0.4 is 0 Å². The zero-order chi connectivity index (χ0) is 17.9. The van der Waals surface area contributed by atoms with Crippen molar-refractivity contribution in [2.24, 2.45) is 5.92 Å². The monoisotopic (exact) mass is 345 g/mol. The van der Waals surface area contributed by atoms with Crippen molar-refractivity contribution in [3.8, 4) is 0 Å². The Morgan fingerprint density at radius 3 is 2.62 bits per heavy atom. The Labute approximate surface area is 150 Å². The number of aromatic nitrogens is 1. The molecule has 0 fully saturated rings. The zero-order valence-electron chi connectivity index (χ0n) is 13.7. The molecule has 1 aromatic heterocycles. The third-order valence-electron chi connectivity index (χ3n) is 4.20. The first-order valence-electron chi connectivity index (χ1n) is 8.22. The number of rotatable bonds is 3. The van der Waals surface area contributed by atoms with Gasteiger partial charge in [-0.2, -0.15) is 0 Å². The highest BCUT2D eigenvalue weighted by Crippen LogP contribution is 2.35. The van der Waals surface area contributed by atoms with Gasteiger partial charge in [0.2, 0.25) is 11.5 Å². The number of pyridine rings is 1. The van der Waals surface area contributed by atoms with Gasteiger partial charge in [-0.25, -0.2) is 4.79 Å². The van der Waals surface area contributed by atoms with E-state index in [1.165, 1.54) is 6.20 Å². The molecule has 1 aromatic carbocycles. The largest absolute Gasteiger partial charge is 0.481 e. The molecule has 5 heteroatoms. The standard InChI is InChI=1S/C21H15NO4/c23-18-16-10-4-5-11-17(16)25-19(14-7-2-1-3-8-14)20(18)26-21(24)15-9-6-12-22-13-15/h1-13,16-17H/t16-,17+/m1/s1. The smallest absolute Gasteiger partial charge is 0.345 e. The molecular weight excluding hydrogens is 330 g/mol. The number of Topliss-reactive ketones (excluding diaryl/α,β-unsaturated/α-hetero) is 1. The summed E-state index contributed by atoms with van der Waals surface area (Å²) in [6.07, 6.45) is 9.75. The third kappa shape index (κ3) is 2.95. The van der Waals surface area contributed by atoms with E-state index in [1.807, 2.05) is 42.5 Å². The van der Waals surface area contributed by atoms with Gasteiger partial charge in [0.15, 0.2) is 5.76 Å². The van der Waals surface area contributed by atoms with E-state index < -0.39 is 18.0 Å². The predicted molar refractivity (Wildman–Crippen MR) is 94.7 cm³/mol. The first-order valence-corrected chi connectivity index (χ1v) is 8.22. The number of esters is 1. The summed E-state index contributed by atoms with van der Waals surface area (Å²) in [5.74, 6) is -1.24. The van der Waals surface area contributed by atoms with Crippen LogP contribution in [0.1, 0.15) is 15.9 Å². The molecule has 0 unspecified atom stereocenters. The Hall–Kier alpha value is -3.47. The maximum atomic E-state index is 13.0. The van der Waals surface area contributed by atoms with Crippen LogP contribution in [0.4, 0.5) is 0 Å². The van der Waals surface area contributed by atoms with Crippen LogP contribution in [0.2, 0.25) is 0 Å². The molecule has 1 aliphatic carbocycles. The molecular formula is C21H15NO4. The van der Waals surface area contributed by atoms with E-state index in [9.17, 15) is 9.59 Å². The molecule has 2 atom stereocenters. The van der Waals surface area contributed by atoms with Gasteiger partial charge in [0.1, 0.15) is 6.10 Å². The molecule has 0 saturated heterocycles. The fraction of sp³-hybridized carbons (Fsp3) is 0.0952. The lowest BCUT2D eigenvalue weighted by Crippen LogP contribution is -2.36. The van der Waals surface area contributed by atoms with Crippen molar-refractivity contribution in [2.45, 2.75) is 6.10 Å². The second kappa shape index (κ2) is 6.80. The zero-order valence-corrected chi connectivity index (χ0v) is 13.7. The van der Waals surface area contributed by atoms with Crippen molar-refractivity contribution in [3.63, 3.8) is 0 Å². The summed E-state index contributed by atoms with van der Waals surface area (Å²) in [5.41, 5.74) is 0.942. The van der Waals surface area contributed by atoms with Crippen LogP contribution in [0.15, 0.2) is 84.9 Å². The highest BCUT2D eigenvalue weighted by molar-refractivity contribution is 6.06. The molecule has 4 rings (SSSR count). The summed E-state index contributed by atoms with van der Waals surface area (Å²) in [6.45, 7) is 0. The summed E-state index contributed by atoms with van der Waals surface area (Å²) < 4.78 is 11.5. The number of benzene rings is 1. The first kappa shape index (κ1) is 16.0. The lowest BCUT2D eigenvalue weighted by atomic mass is 9.89. The first-order chi connectivity index (χ1) is 12.7. The summed E-state index contributed by atoms with van der Waals surface area (Å²) in [5, 5.41) is 0. The predicted octanol–water partition coefficient (Wildman–Crippen LogP) is 3.32. The van der Waals surface area contributed by atoms with E-state index in [2.05, 4.69) is 4.98 Å². The molecule has 0 bridgehead atoms. The SMILES string of the molecule is O=C(OC1=C(c2ccccc2)O[C@H]2C=CC=C[C@H]2C1=O)c1cccnc1. The lowest BCUT2D eigenvalue weighted by Gasteiger charge is -2.31. The lowest BCUT2D eigenvalue weighted by molar-refractivity contribution is -0.124.